The molecule has 0 bridgehead atoms. The van der Waals surface area contributed by atoms with Gasteiger partial charge in [-0.05, 0) is 86.9 Å². The first-order valence-corrected chi connectivity index (χ1v) is 10.9. The third kappa shape index (κ3) is 3.58. The second-order valence-electron chi connectivity index (χ2n) is 8.97. The highest BCUT2D eigenvalue weighted by molar-refractivity contribution is 9.11. The average molecular weight is 413 g/mol. The van der Waals surface area contributed by atoms with E-state index in [4.69, 9.17) is 9.47 Å². The Bertz CT molecular complexity index is 545. The molecule has 0 aromatic carbocycles. The van der Waals surface area contributed by atoms with Crippen molar-refractivity contribution in [2.75, 3.05) is 0 Å². The molecule has 1 heterocycles. The molecule has 4 heteroatoms. The van der Waals surface area contributed by atoms with Crippen molar-refractivity contribution in [2.45, 2.75) is 91.0 Å². The monoisotopic (exact) mass is 412 g/mol. The van der Waals surface area contributed by atoms with Gasteiger partial charge < -0.3 is 9.47 Å². The quantitative estimate of drug-likeness (QED) is 0.521. The smallest absolute Gasteiger partial charge is 0.340 e. The molecule has 0 spiro atoms. The summed E-state index contributed by atoms with van der Waals surface area (Å²) in [5.41, 5.74) is 1.35. The Balaban J connectivity index is 1.57. The number of esters is 1. The fourth-order valence-corrected chi connectivity index (χ4v) is 6.53. The molecule has 2 saturated carbocycles. The number of hydrogen-bond donors (Lipinski definition) is 0. The maximum absolute atomic E-state index is 12.0. The van der Waals surface area contributed by atoms with E-state index in [1.54, 1.807) is 12.5 Å². The summed E-state index contributed by atoms with van der Waals surface area (Å²) >= 11 is 3.60. The number of fused-ring (bicyclic) bond motifs is 1. The van der Waals surface area contributed by atoms with E-state index in [0.717, 1.165) is 24.7 Å². The Labute approximate surface area is 161 Å². The molecule has 1 aliphatic heterocycles. The van der Waals surface area contributed by atoms with Crippen molar-refractivity contribution in [3.8, 4) is 0 Å². The highest BCUT2D eigenvalue weighted by Gasteiger charge is 2.50. The summed E-state index contributed by atoms with van der Waals surface area (Å²) in [5, 5.41) is 0. The minimum atomic E-state index is -0.738. The van der Waals surface area contributed by atoms with E-state index in [9.17, 15) is 4.79 Å². The van der Waals surface area contributed by atoms with Gasteiger partial charge >= 0.3 is 5.97 Å². The maximum atomic E-state index is 12.0. The molecule has 0 radical (unpaired) electrons. The molecule has 3 nitrogen and oxygen atoms in total. The average Bonchev–Trinajstić information content (AvgIpc) is 3.03. The van der Waals surface area contributed by atoms with Gasteiger partial charge in [-0.3, -0.25) is 0 Å². The van der Waals surface area contributed by atoms with Crippen molar-refractivity contribution in [2.24, 2.45) is 23.2 Å². The van der Waals surface area contributed by atoms with Crippen molar-refractivity contribution in [3.05, 3.63) is 10.6 Å². The molecule has 25 heavy (non-hydrogen) atoms. The minimum absolute atomic E-state index is 0.195. The molecule has 142 valence electrons. The highest BCUT2D eigenvalue weighted by atomic mass is 79.9. The summed E-state index contributed by atoms with van der Waals surface area (Å²) in [6.07, 6.45) is 9.19. The number of cyclic esters (lactones) is 1. The van der Waals surface area contributed by atoms with Crippen molar-refractivity contribution in [1.82, 2.24) is 0 Å². The zero-order valence-corrected chi connectivity index (χ0v) is 17.7. The minimum Gasteiger partial charge on any atom is -0.434 e. The van der Waals surface area contributed by atoms with E-state index < -0.39 is 11.9 Å². The molecule has 2 aliphatic carbocycles. The second kappa shape index (κ2) is 7.34. The number of allylic oxidation sites excluding steroid dienone is 1. The lowest BCUT2D eigenvalue weighted by atomic mass is 9.61. The number of carbonyl (C=O) groups is 1. The lowest BCUT2D eigenvalue weighted by Crippen LogP contribution is -2.36. The molecule has 0 N–H and O–H groups in total. The SMILES string of the molecule is C[C@@H]1OC(=O)[C@@](C)(CCC[C@@H](C)[C@H]2CC[C@H]3/C(=C/Br)CCC[C@]23C)O1. The van der Waals surface area contributed by atoms with Crippen LogP contribution in [0.1, 0.15) is 79.1 Å². The largest absolute Gasteiger partial charge is 0.434 e. The summed E-state index contributed by atoms with van der Waals surface area (Å²) in [5.74, 6) is 2.06. The normalized spacial score (nSPS) is 44.0. The Morgan fingerprint density at radius 2 is 2.12 bits per heavy atom. The lowest BCUT2D eigenvalue weighted by molar-refractivity contribution is -0.144. The van der Waals surface area contributed by atoms with Crippen molar-refractivity contribution in [1.29, 1.82) is 0 Å². The van der Waals surface area contributed by atoms with Crippen molar-refractivity contribution < 1.29 is 14.3 Å². The molecule has 3 aliphatic rings. The fourth-order valence-electron chi connectivity index (χ4n) is 5.98. The Morgan fingerprint density at radius 3 is 2.76 bits per heavy atom. The summed E-state index contributed by atoms with van der Waals surface area (Å²) in [6, 6.07) is 0. The van der Waals surface area contributed by atoms with Crippen LogP contribution in [0.25, 0.3) is 0 Å². The van der Waals surface area contributed by atoms with Crippen LogP contribution in [-0.2, 0) is 14.3 Å². The third-order valence-corrected chi connectivity index (χ3v) is 7.90. The van der Waals surface area contributed by atoms with E-state index in [2.05, 4.69) is 34.8 Å². The standard InChI is InChI=1S/C21H33BrO3/c1-14(7-5-12-21(4)19(23)24-15(2)25-21)17-9-10-18-16(13-22)8-6-11-20(17,18)3/h13-15,17-18H,5-12H2,1-4H3/b16-13+/t14-,15-,17-,18+,20-,21-/m1/s1. The summed E-state index contributed by atoms with van der Waals surface area (Å²) in [4.78, 5) is 14.2. The van der Waals surface area contributed by atoms with Crippen LogP contribution in [0.2, 0.25) is 0 Å². The molecule has 6 atom stereocenters. The molecule has 3 rings (SSSR count). The molecule has 3 fully saturated rings. The van der Waals surface area contributed by atoms with Crippen LogP contribution in [0.15, 0.2) is 10.6 Å². The van der Waals surface area contributed by atoms with E-state index in [1.165, 1.54) is 38.5 Å². The number of halogens is 1. The Morgan fingerprint density at radius 1 is 1.36 bits per heavy atom. The van der Waals surface area contributed by atoms with E-state index in [1.807, 2.05) is 6.92 Å². The zero-order valence-electron chi connectivity index (χ0n) is 16.1. The zero-order chi connectivity index (χ0) is 18.2. The molecule has 1 saturated heterocycles. The molecular formula is C21H33BrO3. The van der Waals surface area contributed by atoms with Gasteiger partial charge in [-0.15, -0.1) is 0 Å². The first kappa shape index (κ1) is 19.4. The molecule has 0 amide bonds. The van der Waals surface area contributed by atoms with Gasteiger partial charge in [-0.2, -0.15) is 0 Å². The van der Waals surface area contributed by atoms with Gasteiger partial charge in [0.25, 0.3) is 0 Å². The van der Waals surface area contributed by atoms with Gasteiger partial charge in [0.1, 0.15) is 0 Å². The van der Waals surface area contributed by atoms with Gasteiger partial charge in [0, 0.05) is 0 Å². The fraction of sp³-hybridized carbons (Fsp3) is 0.857. The van der Waals surface area contributed by atoms with Crippen LogP contribution >= 0.6 is 15.9 Å². The first-order valence-electron chi connectivity index (χ1n) is 9.98. The van der Waals surface area contributed by atoms with Gasteiger partial charge in [0.05, 0.1) is 0 Å². The van der Waals surface area contributed by atoms with Crippen LogP contribution in [-0.4, -0.2) is 17.9 Å². The topological polar surface area (TPSA) is 35.5 Å². The third-order valence-electron chi connectivity index (χ3n) is 7.31. The number of ether oxygens (including phenoxy) is 2. The number of rotatable bonds is 5. The van der Waals surface area contributed by atoms with Crippen LogP contribution in [0.4, 0.5) is 0 Å². The van der Waals surface area contributed by atoms with E-state index in [-0.39, 0.29) is 5.97 Å². The molecule has 0 aromatic heterocycles. The van der Waals surface area contributed by atoms with Gasteiger partial charge in [0.2, 0.25) is 6.29 Å². The molecule has 0 unspecified atom stereocenters. The summed E-state index contributed by atoms with van der Waals surface area (Å²) in [6.45, 7) is 8.62. The lowest BCUT2D eigenvalue weighted by Gasteiger charge is -2.44. The maximum Gasteiger partial charge on any atom is 0.340 e. The van der Waals surface area contributed by atoms with Crippen molar-refractivity contribution in [3.63, 3.8) is 0 Å². The Kier molecular flexibility index (Phi) is 5.70. The number of carbonyl (C=O) groups excluding carboxylic acids is 1. The summed E-state index contributed by atoms with van der Waals surface area (Å²) in [7, 11) is 0. The van der Waals surface area contributed by atoms with Gasteiger partial charge in [-0.1, -0.05) is 41.8 Å². The highest BCUT2D eigenvalue weighted by Crippen LogP contribution is 2.60. The predicted octanol–water partition coefficient (Wildman–Crippen LogP) is 5.97. The Hall–Kier alpha value is -0.350. The second-order valence-corrected chi connectivity index (χ2v) is 9.43. The van der Waals surface area contributed by atoms with Crippen LogP contribution in [0.5, 0.6) is 0 Å². The number of hydrogen-bond acceptors (Lipinski definition) is 3. The van der Waals surface area contributed by atoms with Gasteiger partial charge in [-0.25, -0.2) is 4.79 Å². The predicted molar refractivity (Wildman–Crippen MR) is 103 cm³/mol. The van der Waals surface area contributed by atoms with Gasteiger partial charge in [0.15, 0.2) is 5.60 Å². The van der Waals surface area contributed by atoms with E-state index >= 15 is 0 Å². The summed E-state index contributed by atoms with van der Waals surface area (Å²) < 4.78 is 10.9. The molecule has 0 aromatic rings. The van der Waals surface area contributed by atoms with Crippen LogP contribution in [0.3, 0.4) is 0 Å². The van der Waals surface area contributed by atoms with Crippen LogP contribution < -0.4 is 0 Å². The molecular weight excluding hydrogens is 380 g/mol. The van der Waals surface area contributed by atoms with Crippen molar-refractivity contribution >= 4 is 21.9 Å². The van der Waals surface area contributed by atoms with Crippen LogP contribution in [0, 0.1) is 23.2 Å². The van der Waals surface area contributed by atoms with E-state index in [0.29, 0.717) is 11.3 Å². The first-order chi connectivity index (χ1) is 11.8.